The first kappa shape index (κ1) is 18.3. The molecule has 1 aromatic carbocycles. The summed E-state index contributed by atoms with van der Waals surface area (Å²) in [5, 5.41) is 0.696. The van der Waals surface area contributed by atoms with Gasteiger partial charge in [0.1, 0.15) is 5.75 Å². The second-order valence-corrected chi connectivity index (χ2v) is 5.78. The Morgan fingerprint density at radius 1 is 1.19 bits per heavy atom. The van der Waals surface area contributed by atoms with Crippen molar-refractivity contribution in [3.63, 3.8) is 0 Å². The van der Waals surface area contributed by atoms with Crippen LogP contribution in [0.3, 0.4) is 0 Å². The van der Waals surface area contributed by atoms with Crippen LogP contribution in [0, 0.1) is 0 Å². The van der Waals surface area contributed by atoms with Crippen molar-refractivity contribution in [1.29, 1.82) is 0 Å². The lowest BCUT2D eigenvalue weighted by molar-refractivity contribution is 0.0617. The summed E-state index contributed by atoms with van der Waals surface area (Å²) in [7, 11) is 1.68. The summed E-state index contributed by atoms with van der Waals surface area (Å²) in [5.74, 6) is 0.810. The first-order valence-corrected chi connectivity index (χ1v) is 8.22. The molecule has 21 heavy (non-hydrogen) atoms. The smallest absolute Gasteiger partial charge is 0.123 e. The van der Waals surface area contributed by atoms with Crippen LogP contribution in [0.4, 0.5) is 0 Å². The third-order valence-electron chi connectivity index (χ3n) is 4.72. The van der Waals surface area contributed by atoms with Gasteiger partial charge in [-0.25, -0.2) is 0 Å². The lowest BCUT2D eigenvalue weighted by Crippen LogP contribution is -2.54. The Labute approximate surface area is 134 Å². The highest BCUT2D eigenvalue weighted by atomic mass is 35.5. The Hall–Kier alpha value is -0.770. The number of ether oxygens (including phenoxy) is 1. The molecule has 1 aromatic rings. The number of likely N-dealkylation sites (N-methyl/N-ethyl adjacent to an activating group) is 1. The minimum atomic E-state index is -0.138. The van der Waals surface area contributed by atoms with Gasteiger partial charge in [-0.1, -0.05) is 39.3 Å². The molecule has 0 aliphatic carbocycles. The zero-order valence-electron chi connectivity index (χ0n) is 13.9. The zero-order chi connectivity index (χ0) is 16.0. The van der Waals surface area contributed by atoms with Crippen molar-refractivity contribution in [2.45, 2.75) is 52.1 Å². The fraction of sp³-hybridized carbons (Fsp3) is 0.647. The molecule has 0 spiro atoms. The molecule has 2 N–H and O–H groups in total. The summed E-state index contributed by atoms with van der Waals surface area (Å²) < 4.78 is 5.50. The molecule has 1 atom stereocenters. The van der Waals surface area contributed by atoms with Crippen LogP contribution in [-0.4, -0.2) is 30.6 Å². The van der Waals surface area contributed by atoms with Crippen LogP contribution < -0.4 is 10.5 Å². The van der Waals surface area contributed by atoms with Crippen LogP contribution in [0.25, 0.3) is 0 Å². The molecule has 0 aromatic heterocycles. The van der Waals surface area contributed by atoms with Crippen molar-refractivity contribution in [3.05, 3.63) is 28.8 Å². The average molecular weight is 313 g/mol. The van der Waals surface area contributed by atoms with E-state index in [4.69, 9.17) is 22.1 Å². The van der Waals surface area contributed by atoms with E-state index in [-0.39, 0.29) is 11.6 Å². The lowest BCUT2D eigenvalue weighted by atomic mass is 9.79. The monoisotopic (exact) mass is 312 g/mol. The maximum absolute atomic E-state index is 6.71. The molecule has 0 bridgehead atoms. The van der Waals surface area contributed by atoms with Crippen molar-refractivity contribution in [2.75, 3.05) is 20.2 Å². The van der Waals surface area contributed by atoms with Crippen LogP contribution in [0.15, 0.2) is 18.2 Å². The minimum Gasteiger partial charge on any atom is -0.496 e. The van der Waals surface area contributed by atoms with Crippen LogP contribution >= 0.6 is 11.6 Å². The number of hydrogen-bond acceptors (Lipinski definition) is 3. The van der Waals surface area contributed by atoms with Crippen molar-refractivity contribution >= 4 is 11.6 Å². The zero-order valence-corrected chi connectivity index (χ0v) is 14.7. The topological polar surface area (TPSA) is 38.5 Å². The predicted octanol–water partition coefficient (Wildman–Crippen LogP) is 4.25. The summed E-state index contributed by atoms with van der Waals surface area (Å²) in [5.41, 5.74) is 7.62. The molecule has 0 amide bonds. The van der Waals surface area contributed by atoms with Crippen LogP contribution in [0.5, 0.6) is 5.75 Å². The van der Waals surface area contributed by atoms with Gasteiger partial charge in [0, 0.05) is 16.1 Å². The molecular formula is C17H29ClN2O. The molecule has 0 radical (unpaired) electrons. The number of halogens is 1. The average Bonchev–Trinajstić information content (AvgIpc) is 2.52. The van der Waals surface area contributed by atoms with Crippen molar-refractivity contribution in [1.82, 2.24) is 4.90 Å². The summed E-state index contributed by atoms with van der Waals surface area (Å²) in [4.78, 5) is 2.46. The van der Waals surface area contributed by atoms with E-state index in [2.05, 4.69) is 32.6 Å². The summed E-state index contributed by atoms with van der Waals surface area (Å²) in [6.45, 7) is 10.7. The fourth-order valence-electron chi connectivity index (χ4n) is 3.42. The van der Waals surface area contributed by atoms with Crippen molar-refractivity contribution < 1.29 is 4.74 Å². The minimum absolute atomic E-state index is 0.0819. The van der Waals surface area contributed by atoms with Crippen LogP contribution in [0.1, 0.15) is 52.1 Å². The first-order chi connectivity index (χ1) is 10.00. The highest BCUT2D eigenvalue weighted by Crippen LogP contribution is 2.39. The molecule has 0 saturated heterocycles. The van der Waals surface area contributed by atoms with E-state index in [1.54, 1.807) is 7.11 Å². The van der Waals surface area contributed by atoms with Gasteiger partial charge in [-0.15, -0.1) is 0 Å². The number of nitrogens with two attached hydrogens (primary N) is 1. The lowest BCUT2D eigenvalue weighted by Gasteiger charge is -2.47. The Kier molecular flexibility index (Phi) is 6.98. The number of nitrogens with zero attached hydrogens (tertiary/aromatic N) is 1. The van der Waals surface area contributed by atoms with Gasteiger partial charge in [-0.2, -0.15) is 0 Å². The van der Waals surface area contributed by atoms with E-state index in [0.29, 0.717) is 5.02 Å². The summed E-state index contributed by atoms with van der Waals surface area (Å²) >= 11 is 6.18. The van der Waals surface area contributed by atoms with E-state index in [9.17, 15) is 0 Å². The quantitative estimate of drug-likeness (QED) is 0.780. The van der Waals surface area contributed by atoms with Gasteiger partial charge in [-0.05, 0) is 44.1 Å². The Morgan fingerprint density at radius 2 is 1.76 bits per heavy atom. The first-order valence-electron chi connectivity index (χ1n) is 7.84. The van der Waals surface area contributed by atoms with E-state index in [1.807, 2.05) is 18.2 Å². The second kappa shape index (κ2) is 8.02. The molecule has 120 valence electrons. The Morgan fingerprint density at radius 3 is 2.19 bits per heavy atom. The highest BCUT2D eigenvalue weighted by Gasteiger charge is 2.39. The molecule has 0 fully saturated rings. The molecule has 0 saturated carbocycles. The van der Waals surface area contributed by atoms with Gasteiger partial charge in [0.2, 0.25) is 0 Å². The summed E-state index contributed by atoms with van der Waals surface area (Å²) in [6.07, 6.45) is 1.98. The maximum atomic E-state index is 6.71. The normalized spacial score (nSPS) is 13.5. The predicted molar refractivity (Wildman–Crippen MR) is 91.2 cm³/mol. The Bertz CT molecular complexity index is 442. The number of hydrogen-bond donors (Lipinski definition) is 1. The van der Waals surface area contributed by atoms with E-state index >= 15 is 0 Å². The van der Waals surface area contributed by atoms with Gasteiger partial charge < -0.3 is 10.5 Å². The fourth-order valence-corrected chi connectivity index (χ4v) is 3.61. The van der Waals surface area contributed by atoms with Gasteiger partial charge in [0.25, 0.3) is 0 Å². The number of benzene rings is 1. The van der Waals surface area contributed by atoms with Crippen molar-refractivity contribution in [2.24, 2.45) is 5.73 Å². The number of rotatable bonds is 8. The van der Waals surface area contributed by atoms with Gasteiger partial charge in [0.15, 0.2) is 0 Å². The Balaban J connectivity index is 3.35. The van der Waals surface area contributed by atoms with E-state index < -0.39 is 0 Å². The second-order valence-electron chi connectivity index (χ2n) is 5.35. The van der Waals surface area contributed by atoms with E-state index in [1.165, 1.54) is 0 Å². The van der Waals surface area contributed by atoms with Crippen molar-refractivity contribution in [3.8, 4) is 5.75 Å². The highest BCUT2D eigenvalue weighted by molar-refractivity contribution is 6.30. The van der Waals surface area contributed by atoms with Crippen LogP contribution in [-0.2, 0) is 0 Å². The molecule has 1 unspecified atom stereocenters. The van der Waals surface area contributed by atoms with Gasteiger partial charge in [0.05, 0.1) is 13.2 Å². The maximum Gasteiger partial charge on any atom is 0.123 e. The third-order valence-corrected chi connectivity index (χ3v) is 4.96. The van der Waals surface area contributed by atoms with E-state index in [0.717, 1.165) is 37.2 Å². The van der Waals surface area contributed by atoms with Gasteiger partial charge in [-0.3, -0.25) is 4.90 Å². The molecule has 4 heteroatoms. The van der Waals surface area contributed by atoms with Crippen LogP contribution in [0.2, 0.25) is 5.02 Å². The largest absolute Gasteiger partial charge is 0.496 e. The molecule has 1 rings (SSSR count). The SMILES string of the molecule is CCN(CC)C(CC)(CC)C(N)c1cc(Cl)ccc1OC. The third kappa shape index (κ3) is 3.53. The van der Waals surface area contributed by atoms with Gasteiger partial charge >= 0.3 is 0 Å². The molecule has 0 aliphatic heterocycles. The summed E-state index contributed by atoms with van der Waals surface area (Å²) in [6, 6.07) is 5.54. The standard InChI is InChI=1S/C17H29ClN2O/c1-6-17(7-2,20(8-3)9-4)16(19)14-12-13(18)10-11-15(14)21-5/h10-12,16H,6-9,19H2,1-5H3. The molecule has 3 nitrogen and oxygen atoms in total. The molecule has 0 heterocycles. The number of methoxy groups -OCH3 is 1. The molecule has 0 aliphatic rings. The molecular weight excluding hydrogens is 284 g/mol.